The number of fused-ring (bicyclic) bond motifs is 1. The number of hydrogen-bond acceptors (Lipinski definition) is 7. The summed E-state index contributed by atoms with van der Waals surface area (Å²) < 4.78 is 1.43. The van der Waals surface area contributed by atoms with Crippen LogP contribution in [0.2, 0.25) is 0 Å². The van der Waals surface area contributed by atoms with Gasteiger partial charge in [0.25, 0.3) is 0 Å². The van der Waals surface area contributed by atoms with Gasteiger partial charge in [-0.3, -0.25) is 0 Å². The van der Waals surface area contributed by atoms with Crippen LogP contribution in [-0.4, -0.2) is 36.9 Å². The number of aromatic nitrogens is 4. The first kappa shape index (κ1) is 15.9. The van der Waals surface area contributed by atoms with Gasteiger partial charge in [-0.25, -0.2) is 14.8 Å². The van der Waals surface area contributed by atoms with E-state index in [1.54, 1.807) is 19.2 Å². The van der Waals surface area contributed by atoms with Gasteiger partial charge >= 0.3 is 5.97 Å². The molecule has 0 aromatic carbocycles. The molecule has 0 aliphatic heterocycles. The third-order valence-electron chi connectivity index (χ3n) is 3.44. The number of anilines is 1. The van der Waals surface area contributed by atoms with Crippen LogP contribution in [0, 0.1) is 22.7 Å². The minimum Gasteiger partial charge on any atom is -0.478 e. The number of nitrogens with one attached hydrogen (secondary N) is 1. The van der Waals surface area contributed by atoms with Crippen molar-refractivity contribution in [3.05, 3.63) is 41.9 Å². The van der Waals surface area contributed by atoms with Gasteiger partial charge in [0, 0.05) is 23.8 Å². The number of pyridine rings is 2. The van der Waals surface area contributed by atoms with Gasteiger partial charge in [0.15, 0.2) is 11.5 Å². The highest BCUT2D eigenvalue weighted by Crippen LogP contribution is 2.22. The summed E-state index contributed by atoms with van der Waals surface area (Å²) in [4.78, 5) is 19.7. The smallest absolute Gasteiger partial charge is 0.339 e. The normalized spacial score (nSPS) is 11.5. The van der Waals surface area contributed by atoms with E-state index in [1.807, 2.05) is 12.1 Å². The highest BCUT2D eigenvalue weighted by atomic mass is 16.4. The van der Waals surface area contributed by atoms with E-state index in [1.165, 1.54) is 23.1 Å². The molecule has 25 heavy (non-hydrogen) atoms. The molecule has 1 atom stereocenters. The molecule has 0 fully saturated rings. The average Bonchev–Trinajstić information content (AvgIpc) is 3.04. The Morgan fingerprint density at radius 1 is 1.28 bits per heavy atom. The van der Waals surface area contributed by atoms with Crippen LogP contribution in [0.3, 0.4) is 0 Å². The largest absolute Gasteiger partial charge is 0.478 e. The van der Waals surface area contributed by atoms with Crippen LogP contribution in [0.5, 0.6) is 0 Å². The van der Waals surface area contributed by atoms with Crippen LogP contribution in [0.25, 0.3) is 16.9 Å². The molecule has 9 heteroatoms. The lowest BCUT2D eigenvalue weighted by Gasteiger charge is -2.12. The standard InChI is InChI=1S/C16H11N7O2/c1-9(4-17)22-13-3-14(19-8-12(13)16(24)25)23-15-11(7-21-23)2-10(5-18)6-20-15/h2-3,6-9H,1H3,(H,19,22)(H,24,25)/t9-/m0/s1. The van der Waals surface area contributed by atoms with Gasteiger partial charge in [0.1, 0.15) is 17.7 Å². The van der Waals surface area contributed by atoms with Crippen molar-refractivity contribution < 1.29 is 9.90 Å². The number of carbonyl (C=O) groups is 1. The molecular weight excluding hydrogens is 322 g/mol. The lowest BCUT2D eigenvalue weighted by molar-refractivity contribution is 0.0697. The van der Waals surface area contributed by atoms with Crippen molar-refractivity contribution in [1.82, 2.24) is 19.7 Å². The van der Waals surface area contributed by atoms with Crippen LogP contribution in [0.1, 0.15) is 22.8 Å². The summed E-state index contributed by atoms with van der Waals surface area (Å²) >= 11 is 0. The Bertz CT molecular complexity index is 1060. The van der Waals surface area contributed by atoms with Crippen LogP contribution in [-0.2, 0) is 0 Å². The number of nitrogens with zero attached hydrogens (tertiary/aromatic N) is 6. The predicted molar refractivity (Wildman–Crippen MR) is 87.0 cm³/mol. The van der Waals surface area contributed by atoms with Crippen molar-refractivity contribution in [2.75, 3.05) is 5.32 Å². The van der Waals surface area contributed by atoms with Crippen molar-refractivity contribution in [1.29, 1.82) is 10.5 Å². The van der Waals surface area contributed by atoms with Gasteiger partial charge in [0.2, 0.25) is 0 Å². The van der Waals surface area contributed by atoms with E-state index in [9.17, 15) is 9.90 Å². The van der Waals surface area contributed by atoms with Crippen LogP contribution >= 0.6 is 0 Å². The predicted octanol–water partition coefficient (Wildman–Crippen LogP) is 1.71. The second-order valence-corrected chi connectivity index (χ2v) is 5.19. The Hall–Kier alpha value is -3.98. The van der Waals surface area contributed by atoms with E-state index in [0.717, 1.165) is 0 Å². The number of carboxylic acid groups (broad SMARTS) is 1. The first-order chi connectivity index (χ1) is 12.0. The Morgan fingerprint density at radius 2 is 2.08 bits per heavy atom. The Labute approximate surface area is 141 Å². The Balaban J connectivity index is 2.12. The van der Waals surface area contributed by atoms with E-state index in [2.05, 4.69) is 20.4 Å². The van der Waals surface area contributed by atoms with Crippen LogP contribution in [0.15, 0.2) is 30.7 Å². The number of aromatic carboxylic acids is 1. The summed E-state index contributed by atoms with van der Waals surface area (Å²) in [7, 11) is 0. The maximum atomic E-state index is 11.3. The molecule has 3 rings (SSSR count). The Kier molecular flexibility index (Phi) is 3.98. The zero-order valence-electron chi connectivity index (χ0n) is 13.0. The molecule has 0 unspecified atom stereocenters. The third kappa shape index (κ3) is 2.94. The summed E-state index contributed by atoms with van der Waals surface area (Å²) in [5, 5.41) is 34.8. The monoisotopic (exact) mass is 333 g/mol. The van der Waals surface area contributed by atoms with E-state index < -0.39 is 12.0 Å². The van der Waals surface area contributed by atoms with Gasteiger partial charge < -0.3 is 10.4 Å². The molecular formula is C16H11N7O2. The van der Waals surface area contributed by atoms with Crippen molar-refractivity contribution in [2.24, 2.45) is 0 Å². The van der Waals surface area contributed by atoms with E-state index in [0.29, 0.717) is 22.4 Å². The van der Waals surface area contributed by atoms with Gasteiger partial charge in [-0.15, -0.1) is 0 Å². The minimum atomic E-state index is -1.16. The molecule has 0 bridgehead atoms. The zero-order valence-corrected chi connectivity index (χ0v) is 13.0. The minimum absolute atomic E-state index is 0.0537. The number of nitriles is 2. The van der Waals surface area contributed by atoms with Crippen LogP contribution in [0.4, 0.5) is 5.69 Å². The maximum Gasteiger partial charge on any atom is 0.339 e. The lowest BCUT2D eigenvalue weighted by atomic mass is 10.2. The number of hydrogen-bond donors (Lipinski definition) is 2. The summed E-state index contributed by atoms with van der Waals surface area (Å²) in [6.45, 7) is 1.61. The molecule has 0 amide bonds. The average molecular weight is 333 g/mol. The molecule has 0 aliphatic carbocycles. The number of rotatable bonds is 4. The first-order valence-corrected chi connectivity index (χ1v) is 7.17. The summed E-state index contributed by atoms with van der Waals surface area (Å²) in [5.74, 6) is -0.821. The van der Waals surface area contributed by atoms with Gasteiger partial charge in [-0.2, -0.15) is 20.3 Å². The maximum absolute atomic E-state index is 11.3. The molecule has 0 saturated carbocycles. The molecule has 0 spiro atoms. The van der Waals surface area contributed by atoms with Crippen molar-refractivity contribution >= 4 is 22.7 Å². The molecule has 3 aromatic heterocycles. The highest BCUT2D eigenvalue weighted by Gasteiger charge is 2.16. The molecule has 122 valence electrons. The Morgan fingerprint density at radius 3 is 2.76 bits per heavy atom. The van der Waals surface area contributed by atoms with E-state index in [4.69, 9.17) is 10.5 Å². The molecule has 0 saturated heterocycles. The SMILES string of the molecule is C[C@@H](C#N)Nc1cc(-n2ncc3cc(C#N)cnc32)ncc1C(=O)O. The van der Waals surface area contributed by atoms with Crippen LogP contribution < -0.4 is 5.32 Å². The van der Waals surface area contributed by atoms with Gasteiger partial charge in [0.05, 0.1) is 23.5 Å². The molecule has 0 aliphatic rings. The summed E-state index contributed by atoms with van der Waals surface area (Å²) in [6.07, 6.45) is 4.16. The highest BCUT2D eigenvalue weighted by molar-refractivity contribution is 5.94. The van der Waals surface area contributed by atoms with E-state index >= 15 is 0 Å². The molecule has 3 heterocycles. The zero-order chi connectivity index (χ0) is 18.0. The summed E-state index contributed by atoms with van der Waals surface area (Å²) in [5.41, 5.74) is 1.09. The molecule has 9 nitrogen and oxygen atoms in total. The fraction of sp³-hybridized carbons (Fsp3) is 0.125. The first-order valence-electron chi connectivity index (χ1n) is 7.17. The van der Waals surface area contributed by atoms with E-state index in [-0.39, 0.29) is 11.3 Å². The van der Waals surface area contributed by atoms with Gasteiger partial charge in [-0.05, 0) is 13.0 Å². The second-order valence-electron chi connectivity index (χ2n) is 5.19. The van der Waals surface area contributed by atoms with Gasteiger partial charge in [-0.1, -0.05) is 0 Å². The number of carboxylic acids is 1. The molecule has 3 aromatic rings. The van der Waals surface area contributed by atoms with Crippen molar-refractivity contribution in [3.63, 3.8) is 0 Å². The topological polar surface area (TPSA) is 141 Å². The molecule has 0 radical (unpaired) electrons. The summed E-state index contributed by atoms with van der Waals surface area (Å²) in [6, 6.07) is 6.54. The van der Waals surface area contributed by atoms with Crippen molar-refractivity contribution in [2.45, 2.75) is 13.0 Å². The fourth-order valence-electron chi connectivity index (χ4n) is 2.27. The second kappa shape index (κ2) is 6.26. The van der Waals surface area contributed by atoms with Crippen molar-refractivity contribution in [3.8, 4) is 18.0 Å². The lowest BCUT2D eigenvalue weighted by Crippen LogP contribution is -2.16. The quantitative estimate of drug-likeness (QED) is 0.735. The fourth-order valence-corrected chi connectivity index (χ4v) is 2.27. The molecule has 2 N–H and O–H groups in total. The third-order valence-corrected chi connectivity index (χ3v) is 3.44.